The number of hydrogen-bond acceptors (Lipinski definition) is 3. The van der Waals surface area contributed by atoms with Crippen LogP contribution < -0.4 is 0 Å². The molecular weight excluding hydrogens is 260 g/mol. The third-order valence-corrected chi connectivity index (χ3v) is 4.80. The number of hydrogen-bond donors (Lipinski definition) is 1. The first-order valence-corrected chi connectivity index (χ1v) is 8.46. The summed E-state index contributed by atoms with van der Waals surface area (Å²) in [4.78, 5) is 5.13. The number of aliphatic hydroxyl groups is 1. The molecule has 1 aliphatic heterocycles. The minimum atomic E-state index is 0.295. The fourth-order valence-electron chi connectivity index (χ4n) is 3.58. The molecule has 1 aromatic carbocycles. The predicted octanol–water partition coefficient (Wildman–Crippen LogP) is 2.36. The fraction of sp³-hybridized carbons (Fsp3) is 0.667. The molecule has 1 saturated heterocycles. The van der Waals surface area contributed by atoms with Gasteiger partial charge in [-0.05, 0) is 43.7 Å². The van der Waals surface area contributed by atoms with Crippen molar-refractivity contribution in [1.29, 1.82) is 0 Å². The van der Waals surface area contributed by atoms with Crippen molar-refractivity contribution in [3.63, 3.8) is 0 Å². The standard InChI is InChI=1S/C18H28N2O/c21-12-11-19-10-4-7-17(13-19)15-20(18-8-9-18)14-16-5-2-1-3-6-16/h1-3,5-6,17-18,21H,4,7-15H2/t17-/m0/s1. The summed E-state index contributed by atoms with van der Waals surface area (Å²) in [7, 11) is 0. The topological polar surface area (TPSA) is 26.7 Å². The number of β-amino-alcohol motifs (C(OH)–C–C–N with tert-alkyl or cyclic N) is 1. The van der Waals surface area contributed by atoms with Gasteiger partial charge in [0.1, 0.15) is 0 Å². The fourth-order valence-corrected chi connectivity index (χ4v) is 3.58. The van der Waals surface area contributed by atoms with Crippen LogP contribution in [-0.2, 0) is 6.54 Å². The van der Waals surface area contributed by atoms with Crippen LogP contribution in [0.4, 0.5) is 0 Å². The molecule has 3 nitrogen and oxygen atoms in total. The van der Waals surface area contributed by atoms with E-state index in [2.05, 4.69) is 40.1 Å². The molecule has 0 bridgehead atoms. The van der Waals surface area contributed by atoms with Crippen molar-refractivity contribution in [1.82, 2.24) is 9.80 Å². The summed E-state index contributed by atoms with van der Waals surface area (Å²) in [5, 5.41) is 9.13. The van der Waals surface area contributed by atoms with Gasteiger partial charge in [-0.3, -0.25) is 4.90 Å². The lowest BCUT2D eigenvalue weighted by atomic mass is 9.97. The molecule has 21 heavy (non-hydrogen) atoms. The van der Waals surface area contributed by atoms with Gasteiger partial charge in [0.25, 0.3) is 0 Å². The van der Waals surface area contributed by atoms with Gasteiger partial charge in [-0.2, -0.15) is 0 Å². The van der Waals surface area contributed by atoms with Gasteiger partial charge in [-0.1, -0.05) is 30.3 Å². The molecule has 1 aliphatic carbocycles. The summed E-state index contributed by atoms with van der Waals surface area (Å²) in [6, 6.07) is 11.7. The number of piperidine rings is 1. The van der Waals surface area contributed by atoms with Crippen molar-refractivity contribution >= 4 is 0 Å². The lowest BCUT2D eigenvalue weighted by Crippen LogP contribution is -2.42. The average Bonchev–Trinajstić information content (AvgIpc) is 3.33. The molecule has 2 aliphatic rings. The number of benzene rings is 1. The van der Waals surface area contributed by atoms with Gasteiger partial charge in [0.2, 0.25) is 0 Å². The van der Waals surface area contributed by atoms with Crippen LogP contribution in [0, 0.1) is 5.92 Å². The Balaban J connectivity index is 1.55. The van der Waals surface area contributed by atoms with E-state index in [9.17, 15) is 0 Å². The largest absolute Gasteiger partial charge is 0.395 e. The molecule has 0 aromatic heterocycles. The molecular formula is C18H28N2O. The van der Waals surface area contributed by atoms with Crippen molar-refractivity contribution in [3.05, 3.63) is 35.9 Å². The quantitative estimate of drug-likeness (QED) is 0.834. The number of aliphatic hydroxyl groups excluding tert-OH is 1. The predicted molar refractivity (Wildman–Crippen MR) is 86.1 cm³/mol. The SMILES string of the molecule is OCCN1CCC[C@H](CN(Cc2ccccc2)C2CC2)C1. The normalized spacial score (nSPS) is 23.6. The highest BCUT2D eigenvalue weighted by molar-refractivity contribution is 5.15. The molecule has 2 fully saturated rings. The van der Waals surface area contributed by atoms with E-state index in [1.807, 2.05) is 0 Å². The maximum atomic E-state index is 9.13. The summed E-state index contributed by atoms with van der Waals surface area (Å²) in [5.41, 5.74) is 1.44. The molecule has 0 amide bonds. The van der Waals surface area contributed by atoms with Crippen LogP contribution in [-0.4, -0.2) is 53.7 Å². The van der Waals surface area contributed by atoms with Gasteiger partial charge in [0, 0.05) is 32.2 Å². The monoisotopic (exact) mass is 288 g/mol. The minimum Gasteiger partial charge on any atom is -0.395 e. The Morgan fingerprint density at radius 1 is 1.14 bits per heavy atom. The first-order chi connectivity index (χ1) is 10.3. The Bertz CT molecular complexity index is 416. The Kier molecular flexibility index (Phi) is 5.28. The highest BCUT2D eigenvalue weighted by atomic mass is 16.3. The minimum absolute atomic E-state index is 0.295. The van der Waals surface area contributed by atoms with E-state index < -0.39 is 0 Å². The van der Waals surface area contributed by atoms with E-state index in [0.717, 1.165) is 25.0 Å². The van der Waals surface area contributed by atoms with E-state index in [4.69, 9.17) is 5.11 Å². The average molecular weight is 288 g/mol. The summed E-state index contributed by atoms with van der Waals surface area (Å²) >= 11 is 0. The summed E-state index contributed by atoms with van der Waals surface area (Å²) in [6.45, 7) is 5.79. The molecule has 1 saturated carbocycles. The highest BCUT2D eigenvalue weighted by Crippen LogP contribution is 2.30. The molecule has 3 heteroatoms. The van der Waals surface area contributed by atoms with Gasteiger partial charge in [0.05, 0.1) is 6.61 Å². The molecule has 1 atom stereocenters. The molecule has 0 radical (unpaired) electrons. The van der Waals surface area contributed by atoms with E-state index in [1.54, 1.807) is 0 Å². The van der Waals surface area contributed by atoms with E-state index >= 15 is 0 Å². The van der Waals surface area contributed by atoms with Crippen LogP contribution in [0.1, 0.15) is 31.2 Å². The van der Waals surface area contributed by atoms with Crippen molar-refractivity contribution in [3.8, 4) is 0 Å². The molecule has 3 rings (SSSR count). The van der Waals surface area contributed by atoms with E-state index in [0.29, 0.717) is 6.61 Å². The van der Waals surface area contributed by atoms with Crippen LogP contribution in [0.5, 0.6) is 0 Å². The van der Waals surface area contributed by atoms with Crippen LogP contribution in [0.25, 0.3) is 0 Å². The van der Waals surface area contributed by atoms with Gasteiger partial charge < -0.3 is 10.0 Å². The smallest absolute Gasteiger partial charge is 0.0558 e. The van der Waals surface area contributed by atoms with E-state index in [-0.39, 0.29) is 0 Å². The second kappa shape index (κ2) is 7.39. The highest BCUT2D eigenvalue weighted by Gasteiger charge is 2.31. The summed E-state index contributed by atoms with van der Waals surface area (Å²) < 4.78 is 0. The van der Waals surface area contributed by atoms with Crippen molar-refractivity contribution < 1.29 is 5.11 Å². The van der Waals surface area contributed by atoms with Crippen LogP contribution in [0.2, 0.25) is 0 Å². The maximum Gasteiger partial charge on any atom is 0.0558 e. The zero-order valence-electron chi connectivity index (χ0n) is 13.0. The van der Waals surface area contributed by atoms with Crippen molar-refractivity contribution in [2.24, 2.45) is 5.92 Å². The number of rotatable bonds is 7. The van der Waals surface area contributed by atoms with Gasteiger partial charge >= 0.3 is 0 Å². The maximum absolute atomic E-state index is 9.13. The third-order valence-electron chi connectivity index (χ3n) is 4.80. The van der Waals surface area contributed by atoms with E-state index in [1.165, 1.54) is 50.9 Å². The van der Waals surface area contributed by atoms with Crippen molar-refractivity contribution in [2.45, 2.75) is 38.3 Å². The van der Waals surface area contributed by atoms with Gasteiger partial charge in [-0.25, -0.2) is 0 Å². The number of nitrogens with zero attached hydrogens (tertiary/aromatic N) is 2. The van der Waals surface area contributed by atoms with Crippen LogP contribution in [0.3, 0.4) is 0 Å². The molecule has 0 unspecified atom stereocenters. The Morgan fingerprint density at radius 3 is 2.67 bits per heavy atom. The third kappa shape index (κ3) is 4.53. The first kappa shape index (κ1) is 15.0. The van der Waals surface area contributed by atoms with Crippen molar-refractivity contribution in [2.75, 3.05) is 32.8 Å². The lowest BCUT2D eigenvalue weighted by molar-refractivity contribution is 0.109. The molecule has 116 valence electrons. The van der Waals surface area contributed by atoms with Gasteiger partial charge in [-0.15, -0.1) is 0 Å². The molecule has 1 aromatic rings. The Morgan fingerprint density at radius 2 is 1.95 bits per heavy atom. The van der Waals surface area contributed by atoms with Gasteiger partial charge in [0.15, 0.2) is 0 Å². The second-order valence-electron chi connectivity index (χ2n) is 6.68. The molecule has 0 spiro atoms. The Hall–Kier alpha value is -0.900. The zero-order chi connectivity index (χ0) is 14.5. The summed E-state index contributed by atoms with van der Waals surface area (Å²) in [6.07, 6.45) is 5.38. The number of likely N-dealkylation sites (tertiary alicyclic amines) is 1. The molecule has 1 N–H and O–H groups in total. The Labute approximate surface area is 128 Å². The first-order valence-electron chi connectivity index (χ1n) is 8.46. The zero-order valence-corrected chi connectivity index (χ0v) is 13.0. The van der Waals surface area contributed by atoms with Crippen LogP contribution >= 0.6 is 0 Å². The summed E-state index contributed by atoms with van der Waals surface area (Å²) in [5.74, 6) is 0.773. The second-order valence-corrected chi connectivity index (χ2v) is 6.68. The van der Waals surface area contributed by atoms with Crippen LogP contribution in [0.15, 0.2) is 30.3 Å². The molecule has 1 heterocycles. The lowest BCUT2D eigenvalue weighted by Gasteiger charge is -2.35.